The van der Waals surface area contributed by atoms with Crippen LogP contribution >= 0.6 is 0 Å². The average molecular weight is 229 g/mol. The third-order valence-corrected chi connectivity index (χ3v) is 2.36. The van der Waals surface area contributed by atoms with Crippen LogP contribution in [-0.4, -0.2) is 30.9 Å². The van der Waals surface area contributed by atoms with Gasteiger partial charge in [-0.3, -0.25) is 9.59 Å². The normalized spacial score (nSPS) is 14.4. The molecule has 2 unspecified atom stereocenters. The molecule has 0 aromatic heterocycles. The standard InChI is InChI=1S/C11H23N3O2/c1-5-8(12)10(15)14-9(6-7(2)3)11(16)13-4/h7-9H,5-6,12H2,1-4H3,(H,13,16)(H,14,15). The topological polar surface area (TPSA) is 84.2 Å². The van der Waals surface area contributed by atoms with E-state index in [1.165, 1.54) is 0 Å². The van der Waals surface area contributed by atoms with Gasteiger partial charge in [-0.1, -0.05) is 20.8 Å². The first-order valence-electron chi connectivity index (χ1n) is 5.69. The molecule has 5 nitrogen and oxygen atoms in total. The molecular formula is C11H23N3O2. The fourth-order valence-corrected chi connectivity index (χ4v) is 1.34. The fourth-order valence-electron chi connectivity index (χ4n) is 1.34. The van der Waals surface area contributed by atoms with Gasteiger partial charge in [0, 0.05) is 7.05 Å². The van der Waals surface area contributed by atoms with Crippen molar-refractivity contribution in [3.8, 4) is 0 Å². The smallest absolute Gasteiger partial charge is 0.242 e. The third kappa shape index (κ3) is 5.11. The molecule has 0 saturated carbocycles. The summed E-state index contributed by atoms with van der Waals surface area (Å²) in [4.78, 5) is 23.1. The molecule has 0 aliphatic rings. The first kappa shape index (κ1) is 14.9. The van der Waals surface area contributed by atoms with Crippen LogP contribution in [0.4, 0.5) is 0 Å². The highest BCUT2D eigenvalue weighted by Crippen LogP contribution is 2.05. The molecule has 4 N–H and O–H groups in total. The molecule has 2 atom stereocenters. The molecule has 0 aromatic rings. The van der Waals surface area contributed by atoms with Gasteiger partial charge in [0.25, 0.3) is 0 Å². The molecule has 0 aromatic carbocycles. The van der Waals surface area contributed by atoms with Crippen molar-refractivity contribution < 1.29 is 9.59 Å². The summed E-state index contributed by atoms with van der Waals surface area (Å²) in [6.45, 7) is 5.84. The maximum atomic E-state index is 11.6. The van der Waals surface area contributed by atoms with Crippen molar-refractivity contribution in [1.82, 2.24) is 10.6 Å². The third-order valence-electron chi connectivity index (χ3n) is 2.36. The molecule has 0 heterocycles. The number of hydrogen-bond donors (Lipinski definition) is 3. The van der Waals surface area contributed by atoms with Crippen molar-refractivity contribution in [3.05, 3.63) is 0 Å². The van der Waals surface area contributed by atoms with Crippen LogP contribution < -0.4 is 16.4 Å². The monoisotopic (exact) mass is 229 g/mol. The minimum Gasteiger partial charge on any atom is -0.357 e. The van der Waals surface area contributed by atoms with Crippen LogP contribution in [0.2, 0.25) is 0 Å². The Bertz CT molecular complexity index is 241. The van der Waals surface area contributed by atoms with E-state index in [2.05, 4.69) is 10.6 Å². The molecule has 16 heavy (non-hydrogen) atoms. The van der Waals surface area contributed by atoms with E-state index < -0.39 is 12.1 Å². The lowest BCUT2D eigenvalue weighted by molar-refractivity contribution is -0.129. The van der Waals surface area contributed by atoms with E-state index in [-0.39, 0.29) is 11.8 Å². The molecule has 2 amide bonds. The summed E-state index contributed by atoms with van der Waals surface area (Å²) in [6, 6.07) is -1.03. The number of hydrogen-bond acceptors (Lipinski definition) is 3. The number of carbonyl (C=O) groups excluding carboxylic acids is 2. The molecule has 5 heteroatoms. The summed E-state index contributed by atoms with van der Waals surface area (Å²) in [6.07, 6.45) is 1.18. The molecule has 0 spiro atoms. The number of nitrogens with two attached hydrogens (primary N) is 1. The SMILES string of the molecule is CCC(N)C(=O)NC(CC(C)C)C(=O)NC. The average Bonchev–Trinajstić information content (AvgIpc) is 2.25. The van der Waals surface area contributed by atoms with E-state index in [0.717, 1.165) is 0 Å². The minimum atomic E-state index is -0.542. The highest BCUT2D eigenvalue weighted by Gasteiger charge is 2.22. The van der Waals surface area contributed by atoms with Crippen LogP contribution in [0.15, 0.2) is 0 Å². The number of carbonyl (C=O) groups is 2. The van der Waals surface area contributed by atoms with Crippen molar-refractivity contribution >= 4 is 11.8 Å². The van der Waals surface area contributed by atoms with Gasteiger partial charge in [-0.2, -0.15) is 0 Å². The van der Waals surface area contributed by atoms with Gasteiger partial charge >= 0.3 is 0 Å². The zero-order chi connectivity index (χ0) is 12.7. The quantitative estimate of drug-likeness (QED) is 0.599. The Labute approximate surface area is 97.2 Å². The Kier molecular flexibility index (Phi) is 6.72. The second-order valence-electron chi connectivity index (χ2n) is 4.32. The lowest BCUT2D eigenvalue weighted by Gasteiger charge is -2.20. The number of nitrogens with one attached hydrogen (secondary N) is 2. The van der Waals surface area contributed by atoms with E-state index in [9.17, 15) is 9.59 Å². The predicted octanol–water partition coefficient (Wildman–Crippen LogP) is 0.000600. The molecule has 0 aliphatic carbocycles. The summed E-state index contributed by atoms with van der Waals surface area (Å²) in [5, 5.41) is 5.21. The van der Waals surface area contributed by atoms with Crippen molar-refractivity contribution in [3.63, 3.8) is 0 Å². The van der Waals surface area contributed by atoms with E-state index in [1.807, 2.05) is 20.8 Å². The zero-order valence-corrected chi connectivity index (χ0v) is 10.5. The van der Waals surface area contributed by atoms with Gasteiger partial charge in [0.15, 0.2) is 0 Å². The van der Waals surface area contributed by atoms with E-state index in [1.54, 1.807) is 7.05 Å². The predicted molar refractivity (Wildman–Crippen MR) is 63.7 cm³/mol. The van der Waals surface area contributed by atoms with Crippen molar-refractivity contribution in [2.24, 2.45) is 11.7 Å². The fraction of sp³-hybridized carbons (Fsp3) is 0.818. The second kappa shape index (κ2) is 7.22. The van der Waals surface area contributed by atoms with Crippen LogP contribution in [0.1, 0.15) is 33.6 Å². The second-order valence-corrected chi connectivity index (χ2v) is 4.32. The van der Waals surface area contributed by atoms with Gasteiger partial charge in [-0.25, -0.2) is 0 Å². The molecule has 94 valence electrons. The molecule has 0 fully saturated rings. The molecule has 0 radical (unpaired) electrons. The summed E-state index contributed by atoms with van der Waals surface area (Å²) in [5.74, 6) is -0.109. The highest BCUT2D eigenvalue weighted by molar-refractivity contribution is 5.89. The Morgan fingerprint density at radius 2 is 1.81 bits per heavy atom. The first-order chi connectivity index (χ1) is 7.42. The van der Waals surface area contributed by atoms with Crippen LogP contribution in [0.25, 0.3) is 0 Å². The first-order valence-corrected chi connectivity index (χ1v) is 5.69. The Morgan fingerprint density at radius 1 is 1.25 bits per heavy atom. The summed E-state index contributed by atoms with van der Waals surface area (Å²) in [5.41, 5.74) is 5.59. The Morgan fingerprint density at radius 3 is 2.19 bits per heavy atom. The van der Waals surface area contributed by atoms with Gasteiger partial charge in [-0.05, 0) is 18.8 Å². The Hall–Kier alpha value is -1.10. The summed E-state index contributed by atoms with van der Waals surface area (Å²) < 4.78 is 0. The zero-order valence-electron chi connectivity index (χ0n) is 10.5. The van der Waals surface area contributed by atoms with Crippen LogP contribution in [0, 0.1) is 5.92 Å². The van der Waals surface area contributed by atoms with Crippen LogP contribution in [0.3, 0.4) is 0 Å². The maximum absolute atomic E-state index is 11.6. The number of amides is 2. The van der Waals surface area contributed by atoms with Crippen molar-refractivity contribution in [2.75, 3.05) is 7.05 Å². The lowest BCUT2D eigenvalue weighted by atomic mass is 10.0. The van der Waals surface area contributed by atoms with Crippen LogP contribution in [0.5, 0.6) is 0 Å². The van der Waals surface area contributed by atoms with E-state index in [0.29, 0.717) is 18.8 Å². The molecule has 0 saturated heterocycles. The largest absolute Gasteiger partial charge is 0.357 e. The molecular weight excluding hydrogens is 206 g/mol. The molecule has 0 bridgehead atoms. The highest BCUT2D eigenvalue weighted by atomic mass is 16.2. The van der Waals surface area contributed by atoms with Crippen molar-refractivity contribution in [1.29, 1.82) is 0 Å². The van der Waals surface area contributed by atoms with Gasteiger partial charge < -0.3 is 16.4 Å². The van der Waals surface area contributed by atoms with Gasteiger partial charge in [0.2, 0.25) is 11.8 Å². The molecule has 0 rings (SSSR count). The number of rotatable bonds is 6. The Balaban J connectivity index is 4.42. The minimum absolute atomic E-state index is 0.176. The summed E-state index contributed by atoms with van der Waals surface area (Å²) >= 11 is 0. The van der Waals surface area contributed by atoms with E-state index in [4.69, 9.17) is 5.73 Å². The summed E-state index contributed by atoms with van der Waals surface area (Å²) in [7, 11) is 1.56. The number of likely N-dealkylation sites (N-methyl/N-ethyl adjacent to an activating group) is 1. The lowest BCUT2D eigenvalue weighted by Crippen LogP contribution is -2.51. The van der Waals surface area contributed by atoms with Crippen molar-refractivity contribution in [2.45, 2.75) is 45.7 Å². The molecule has 0 aliphatic heterocycles. The van der Waals surface area contributed by atoms with Crippen LogP contribution in [-0.2, 0) is 9.59 Å². The van der Waals surface area contributed by atoms with Gasteiger partial charge in [0.1, 0.15) is 6.04 Å². The maximum Gasteiger partial charge on any atom is 0.242 e. The van der Waals surface area contributed by atoms with E-state index >= 15 is 0 Å². The van der Waals surface area contributed by atoms with Gasteiger partial charge in [0.05, 0.1) is 6.04 Å². The van der Waals surface area contributed by atoms with Gasteiger partial charge in [-0.15, -0.1) is 0 Å².